The van der Waals surface area contributed by atoms with Crippen LogP contribution in [0.5, 0.6) is 11.5 Å². The SMILES string of the molecule is O=C(CNC(=O)c1ccc(Oc2ccccc2)cc1)OCC(=O)c1cccs1. The van der Waals surface area contributed by atoms with Gasteiger partial charge in [0.2, 0.25) is 5.78 Å². The molecule has 0 saturated heterocycles. The lowest BCUT2D eigenvalue weighted by molar-refractivity contribution is -0.141. The number of rotatable bonds is 8. The molecular formula is C21H17NO5S. The lowest BCUT2D eigenvalue weighted by Gasteiger charge is -2.08. The van der Waals surface area contributed by atoms with Gasteiger partial charge in [-0.25, -0.2) is 0 Å². The van der Waals surface area contributed by atoms with Crippen molar-refractivity contribution in [1.29, 1.82) is 0 Å². The van der Waals surface area contributed by atoms with Crippen molar-refractivity contribution in [3.63, 3.8) is 0 Å². The molecule has 28 heavy (non-hydrogen) atoms. The van der Waals surface area contributed by atoms with Gasteiger partial charge in [0.25, 0.3) is 5.91 Å². The van der Waals surface area contributed by atoms with E-state index < -0.39 is 11.9 Å². The van der Waals surface area contributed by atoms with E-state index >= 15 is 0 Å². The summed E-state index contributed by atoms with van der Waals surface area (Å²) in [6.45, 7) is -0.667. The molecule has 0 aliphatic heterocycles. The van der Waals surface area contributed by atoms with E-state index in [1.165, 1.54) is 11.3 Å². The number of nitrogens with one attached hydrogen (secondary N) is 1. The quantitative estimate of drug-likeness (QED) is 0.465. The Balaban J connectivity index is 1.44. The van der Waals surface area contributed by atoms with E-state index in [1.807, 2.05) is 30.3 Å². The number of carbonyl (C=O) groups is 3. The second-order valence-corrected chi connectivity index (χ2v) is 6.63. The predicted molar refractivity (Wildman–Crippen MR) is 105 cm³/mol. The smallest absolute Gasteiger partial charge is 0.325 e. The highest BCUT2D eigenvalue weighted by molar-refractivity contribution is 7.12. The summed E-state index contributed by atoms with van der Waals surface area (Å²) in [6, 6.07) is 19.2. The molecule has 2 aromatic carbocycles. The van der Waals surface area contributed by atoms with E-state index in [0.717, 1.165) is 0 Å². The van der Waals surface area contributed by atoms with E-state index in [2.05, 4.69) is 5.32 Å². The number of hydrogen-bond donors (Lipinski definition) is 1. The summed E-state index contributed by atoms with van der Waals surface area (Å²) in [5, 5.41) is 4.23. The maximum atomic E-state index is 12.1. The van der Waals surface area contributed by atoms with Crippen LogP contribution in [0.3, 0.4) is 0 Å². The standard InChI is InChI=1S/C21H17NO5S/c23-18(19-7-4-12-28-19)14-26-20(24)13-22-21(25)15-8-10-17(11-9-15)27-16-5-2-1-3-6-16/h1-12H,13-14H2,(H,22,25). The van der Waals surface area contributed by atoms with Crippen molar-refractivity contribution in [3.05, 3.63) is 82.6 Å². The zero-order valence-corrected chi connectivity index (χ0v) is 15.6. The maximum absolute atomic E-state index is 12.1. The zero-order chi connectivity index (χ0) is 19.8. The number of para-hydroxylation sites is 1. The number of ketones is 1. The third-order valence-corrected chi connectivity index (χ3v) is 4.56. The fourth-order valence-electron chi connectivity index (χ4n) is 2.26. The number of amides is 1. The van der Waals surface area contributed by atoms with E-state index in [4.69, 9.17) is 9.47 Å². The number of hydrogen-bond acceptors (Lipinski definition) is 6. The van der Waals surface area contributed by atoms with Gasteiger partial charge in [0.05, 0.1) is 4.88 Å². The van der Waals surface area contributed by atoms with Crippen LogP contribution in [0.1, 0.15) is 20.0 Å². The Bertz CT molecular complexity index is 937. The first-order valence-electron chi connectivity index (χ1n) is 8.45. The van der Waals surface area contributed by atoms with Crippen LogP contribution in [-0.4, -0.2) is 30.8 Å². The molecule has 0 atom stereocenters. The van der Waals surface area contributed by atoms with Crippen molar-refractivity contribution < 1.29 is 23.9 Å². The van der Waals surface area contributed by atoms with Crippen molar-refractivity contribution >= 4 is 29.0 Å². The Kier molecular flexibility index (Phi) is 6.54. The minimum absolute atomic E-state index is 0.274. The average Bonchev–Trinajstić information content (AvgIpc) is 3.26. The van der Waals surface area contributed by atoms with Gasteiger partial charge in [-0.15, -0.1) is 11.3 Å². The summed E-state index contributed by atoms with van der Waals surface area (Å²) in [4.78, 5) is 36.1. The molecule has 0 bridgehead atoms. The summed E-state index contributed by atoms with van der Waals surface area (Å²) >= 11 is 1.28. The number of thiophene rings is 1. The molecule has 0 fully saturated rings. The topological polar surface area (TPSA) is 81.7 Å². The van der Waals surface area contributed by atoms with E-state index in [0.29, 0.717) is 21.9 Å². The lowest BCUT2D eigenvalue weighted by atomic mass is 10.2. The number of benzene rings is 2. The Labute approximate surface area is 165 Å². The summed E-state index contributed by atoms with van der Waals surface area (Å²) in [6.07, 6.45) is 0. The number of Topliss-reactive ketones (excluding diaryl/α,β-unsaturated/α-hetero) is 1. The highest BCUT2D eigenvalue weighted by Gasteiger charge is 2.12. The Hall–Kier alpha value is -3.45. The third-order valence-electron chi connectivity index (χ3n) is 3.65. The summed E-state index contributed by atoms with van der Waals surface area (Å²) in [5.74, 6) is -0.0902. The Morgan fingerprint density at radius 1 is 0.857 bits per heavy atom. The molecule has 3 aromatic rings. The highest BCUT2D eigenvalue weighted by atomic mass is 32.1. The second kappa shape index (κ2) is 9.48. The van der Waals surface area contributed by atoms with Gasteiger partial charge in [-0.05, 0) is 47.8 Å². The van der Waals surface area contributed by atoms with Crippen LogP contribution in [0.4, 0.5) is 0 Å². The van der Waals surface area contributed by atoms with Crippen molar-refractivity contribution in [2.75, 3.05) is 13.2 Å². The molecular weight excluding hydrogens is 378 g/mol. The van der Waals surface area contributed by atoms with E-state index in [-0.39, 0.29) is 18.9 Å². The predicted octanol–water partition coefficient (Wildman–Crippen LogP) is 3.70. The summed E-state index contributed by atoms with van der Waals surface area (Å²) in [7, 11) is 0. The van der Waals surface area contributed by atoms with Gasteiger partial charge in [-0.1, -0.05) is 24.3 Å². The minimum atomic E-state index is -0.678. The van der Waals surface area contributed by atoms with Gasteiger partial charge < -0.3 is 14.8 Å². The van der Waals surface area contributed by atoms with Crippen LogP contribution in [0.25, 0.3) is 0 Å². The molecule has 0 saturated carbocycles. The van der Waals surface area contributed by atoms with Crippen LogP contribution in [0.2, 0.25) is 0 Å². The molecule has 6 nitrogen and oxygen atoms in total. The average molecular weight is 395 g/mol. The van der Waals surface area contributed by atoms with Gasteiger partial charge >= 0.3 is 5.97 Å². The van der Waals surface area contributed by atoms with Gasteiger partial charge in [0.1, 0.15) is 18.0 Å². The number of ether oxygens (including phenoxy) is 2. The van der Waals surface area contributed by atoms with Gasteiger partial charge in [0.15, 0.2) is 6.61 Å². The second-order valence-electron chi connectivity index (χ2n) is 5.68. The number of carbonyl (C=O) groups excluding carboxylic acids is 3. The first-order valence-corrected chi connectivity index (χ1v) is 9.33. The van der Waals surface area contributed by atoms with E-state index in [1.54, 1.807) is 41.8 Å². The highest BCUT2D eigenvalue weighted by Crippen LogP contribution is 2.21. The monoisotopic (exact) mass is 395 g/mol. The molecule has 1 heterocycles. The van der Waals surface area contributed by atoms with Gasteiger partial charge in [-0.3, -0.25) is 14.4 Å². The normalized spacial score (nSPS) is 10.1. The largest absolute Gasteiger partial charge is 0.457 e. The van der Waals surface area contributed by atoms with Crippen LogP contribution in [0.15, 0.2) is 72.1 Å². The molecule has 3 rings (SSSR count). The molecule has 142 valence electrons. The van der Waals surface area contributed by atoms with Crippen LogP contribution < -0.4 is 10.1 Å². The Morgan fingerprint density at radius 3 is 2.25 bits per heavy atom. The molecule has 0 radical (unpaired) electrons. The third kappa shape index (κ3) is 5.52. The number of esters is 1. The van der Waals surface area contributed by atoms with Gasteiger partial charge in [0, 0.05) is 5.56 Å². The molecule has 0 aliphatic rings. The van der Waals surface area contributed by atoms with Crippen molar-refractivity contribution in [3.8, 4) is 11.5 Å². The molecule has 1 N–H and O–H groups in total. The summed E-state index contributed by atoms with van der Waals surface area (Å²) < 4.78 is 10.5. The fourth-order valence-corrected chi connectivity index (χ4v) is 2.91. The van der Waals surface area contributed by atoms with Crippen molar-refractivity contribution in [2.24, 2.45) is 0 Å². The Morgan fingerprint density at radius 2 is 1.57 bits per heavy atom. The maximum Gasteiger partial charge on any atom is 0.325 e. The van der Waals surface area contributed by atoms with E-state index in [9.17, 15) is 14.4 Å². The summed E-state index contributed by atoms with van der Waals surface area (Å²) in [5.41, 5.74) is 0.378. The van der Waals surface area contributed by atoms with Gasteiger partial charge in [-0.2, -0.15) is 0 Å². The molecule has 7 heteroatoms. The molecule has 0 unspecified atom stereocenters. The first-order chi connectivity index (χ1) is 13.6. The molecule has 0 spiro atoms. The van der Waals surface area contributed by atoms with Crippen molar-refractivity contribution in [2.45, 2.75) is 0 Å². The molecule has 0 aliphatic carbocycles. The first kappa shape index (κ1) is 19.3. The minimum Gasteiger partial charge on any atom is -0.457 e. The fraction of sp³-hybridized carbons (Fsp3) is 0.0952. The van der Waals surface area contributed by atoms with Crippen LogP contribution in [0, 0.1) is 0 Å². The van der Waals surface area contributed by atoms with Crippen LogP contribution in [-0.2, 0) is 9.53 Å². The molecule has 1 aromatic heterocycles. The molecule has 1 amide bonds. The van der Waals surface area contributed by atoms with Crippen molar-refractivity contribution in [1.82, 2.24) is 5.32 Å². The van der Waals surface area contributed by atoms with Crippen LogP contribution >= 0.6 is 11.3 Å². The zero-order valence-electron chi connectivity index (χ0n) is 14.8. The lowest BCUT2D eigenvalue weighted by Crippen LogP contribution is -2.31.